The van der Waals surface area contributed by atoms with E-state index in [9.17, 15) is 4.39 Å². The minimum absolute atomic E-state index is 0.116. The fourth-order valence-corrected chi connectivity index (χ4v) is 1.95. The van der Waals surface area contributed by atoms with Gasteiger partial charge in [-0.25, -0.2) is 4.39 Å². The first kappa shape index (κ1) is 10.4. The first-order valence-corrected chi connectivity index (χ1v) is 5.31. The fourth-order valence-electron chi connectivity index (χ4n) is 1.95. The van der Waals surface area contributed by atoms with Gasteiger partial charge in [-0.1, -0.05) is 24.3 Å². The van der Waals surface area contributed by atoms with Gasteiger partial charge in [-0.15, -0.1) is 0 Å². The zero-order valence-corrected chi connectivity index (χ0v) is 8.96. The molecule has 0 bridgehead atoms. The predicted octanol–water partition coefficient (Wildman–Crippen LogP) is 3.11. The van der Waals surface area contributed by atoms with Crippen molar-refractivity contribution in [2.24, 2.45) is 5.73 Å². The smallest absolute Gasteiger partial charge is 0.130 e. The molecule has 0 aromatic heterocycles. The summed E-state index contributed by atoms with van der Waals surface area (Å²) in [5.41, 5.74) is 7.72. The molecule has 1 atom stereocenters. The molecule has 1 unspecified atom stereocenters. The average Bonchev–Trinajstić information content (AvgIpc) is 2.19. The summed E-state index contributed by atoms with van der Waals surface area (Å²) in [5.74, 6) is -0.135. The maximum absolute atomic E-state index is 13.5. The molecule has 2 N–H and O–H groups in total. The van der Waals surface area contributed by atoms with Crippen LogP contribution in [-0.4, -0.2) is 5.54 Å². The standard InChI is InChI=1S/C13H16FN/c1-13(15)8-6-10(7-9-13)11-4-2-3-5-12(11)14/h2-6H,7-9,15H2,1H3. The zero-order chi connectivity index (χ0) is 10.9. The number of hydrogen-bond donors (Lipinski definition) is 1. The monoisotopic (exact) mass is 205 g/mol. The Hall–Kier alpha value is -1.15. The Balaban J connectivity index is 2.27. The van der Waals surface area contributed by atoms with Gasteiger partial charge in [0.25, 0.3) is 0 Å². The molecule has 0 aliphatic heterocycles. The predicted molar refractivity (Wildman–Crippen MR) is 60.8 cm³/mol. The maximum atomic E-state index is 13.5. The second kappa shape index (κ2) is 3.78. The highest BCUT2D eigenvalue weighted by atomic mass is 19.1. The van der Waals surface area contributed by atoms with E-state index in [2.05, 4.69) is 6.08 Å². The highest BCUT2D eigenvalue weighted by Gasteiger charge is 2.23. The lowest BCUT2D eigenvalue weighted by atomic mass is 9.83. The van der Waals surface area contributed by atoms with E-state index >= 15 is 0 Å². The van der Waals surface area contributed by atoms with Crippen LogP contribution in [0.2, 0.25) is 0 Å². The molecule has 15 heavy (non-hydrogen) atoms. The topological polar surface area (TPSA) is 26.0 Å². The van der Waals surface area contributed by atoms with Crippen LogP contribution in [0.25, 0.3) is 5.57 Å². The summed E-state index contributed by atoms with van der Waals surface area (Å²) in [4.78, 5) is 0. The molecule has 2 rings (SSSR count). The highest BCUT2D eigenvalue weighted by molar-refractivity contribution is 5.67. The van der Waals surface area contributed by atoms with Gasteiger partial charge >= 0.3 is 0 Å². The zero-order valence-electron chi connectivity index (χ0n) is 8.96. The summed E-state index contributed by atoms with van der Waals surface area (Å²) in [5, 5.41) is 0. The molecule has 1 aliphatic carbocycles. The maximum Gasteiger partial charge on any atom is 0.130 e. The summed E-state index contributed by atoms with van der Waals surface area (Å²) >= 11 is 0. The molecule has 1 aliphatic rings. The van der Waals surface area contributed by atoms with Crippen LogP contribution in [0.5, 0.6) is 0 Å². The van der Waals surface area contributed by atoms with Crippen LogP contribution < -0.4 is 5.73 Å². The number of hydrogen-bond acceptors (Lipinski definition) is 1. The number of benzene rings is 1. The van der Waals surface area contributed by atoms with E-state index in [0.29, 0.717) is 0 Å². The van der Waals surface area contributed by atoms with Crippen LogP contribution in [0.4, 0.5) is 4.39 Å². The van der Waals surface area contributed by atoms with Crippen LogP contribution in [0.1, 0.15) is 31.7 Å². The molecule has 0 fully saturated rings. The van der Waals surface area contributed by atoms with Crippen LogP contribution >= 0.6 is 0 Å². The Morgan fingerprint density at radius 3 is 2.67 bits per heavy atom. The lowest BCUT2D eigenvalue weighted by Crippen LogP contribution is -2.37. The molecule has 0 spiro atoms. The number of rotatable bonds is 1. The van der Waals surface area contributed by atoms with Gasteiger partial charge in [0, 0.05) is 11.1 Å². The summed E-state index contributed by atoms with van der Waals surface area (Å²) in [7, 11) is 0. The van der Waals surface area contributed by atoms with Crippen LogP contribution in [0.15, 0.2) is 30.3 Å². The van der Waals surface area contributed by atoms with Crippen molar-refractivity contribution in [1.82, 2.24) is 0 Å². The van der Waals surface area contributed by atoms with Crippen molar-refractivity contribution < 1.29 is 4.39 Å². The Labute approximate surface area is 89.8 Å². The number of allylic oxidation sites excluding steroid dienone is 1. The lowest BCUT2D eigenvalue weighted by molar-refractivity contribution is 0.431. The van der Waals surface area contributed by atoms with Crippen molar-refractivity contribution in [3.8, 4) is 0 Å². The van der Waals surface area contributed by atoms with Crippen molar-refractivity contribution in [2.45, 2.75) is 31.7 Å². The minimum atomic E-state index is -0.135. The van der Waals surface area contributed by atoms with Crippen molar-refractivity contribution in [3.05, 3.63) is 41.7 Å². The molecular weight excluding hydrogens is 189 g/mol. The largest absolute Gasteiger partial charge is 0.325 e. The van der Waals surface area contributed by atoms with Crippen molar-refractivity contribution in [3.63, 3.8) is 0 Å². The van der Waals surface area contributed by atoms with Crippen LogP contribution in [-0.2, 0) is 0 Å². The molecule has 0 saturated carbocycles. The third-order valence-electron chi connectivity index (χ3n) is 3.00. The van der Waals surface area contributed by atoms with Gasteiger partial charge in [0.2, 0.25) is 0 Å². The van der Waals surface area contributed by atoms with E-state index in [4.69, 9.17) is 5.73 Å². The summed E-state index contributed by atoms with van der Waals surface area (Å²) in [6.07, 6.45) is 4.69. The van der Waals surface area contributed by atoms with Gasteiger partial charge in [-0.05, 0) is 37.8 Å². The second-order valence-electron chi connectivity index (χ2n) is 4.57. The van der Waals surface area contributed by atoms with Gasteiger partial charge in [0.15, 0.2) is 0 Å². The first-order chi connectivity index (χ1) is 7.08. The molecule has 80 valence electrons. The van der Waals surface area contributed by atoms with E-state index in [1.807, 2.05) is 19.1 Å². The quantitative estimate of drug-likeness (QED) is 0.749. The Morgan fingerprint density at radius 2 is 2.07 bits per heavy atom. The van der Waals surface area contributed by atoms with Crippen LogP contribution in [0.3, 0.4) is 0 Å². The molecule has 0 amide bonds. The van der Waals surface area contributed by atoms with Gasteiger partial charge < -0.3 is 5.73 Å². The van der Waals surface area contributed by atoms with Gasteiger partial charge in [0.1, 0.15) is 5.82 Å². The third kappa shape index (κ3) is 2.26. The van der Waals surface area contributed by atoms with Crippen LogP contribution in [0, 0.1) is 5.82 Å². The van der Waals surface area contributed by atoms with Gasteiger partial charge in [-0.2, -0.15) is 0 Å². The Kier molecular flexibility index (Phi) is 2.61. The van der Waals surface area contributed by atoms with E-state index in [0.717, 1.165) is 30.4 Å². The van der Waals surface area contributed by atoms with Crippen molar-refractivity contribution in [1.29, 1.82) is 0 Å². The molecule has 1 aromatic rings. The lowest BCUT2D eigenvalue weighted by Gasteiger charge is -2.28. The first-order valence-electron chi connectivity index (χ1n) is 5.31. The minimum Gasteiger partial charge on any atom is -0.325 e. The molecule has 0 heterocycles. The SMILES string of the molecule is CC1(N)CC=C(c2ccccc2F)CC1. The highest BCUT2D eigenvalue weighted by Crippen LogP contribution is 2.32. The molecule has 2 heteroatoms. The van der Waals surface area contributed by atoms with E-state index in [-0.39, 0.29) is 11.4 Å². The fraction of sp³-hybridized carbons (Fsp3) is 0.385. The van der Waals surface area contributed by atoms with Gasteiger partial charge in [0.05, 0.1) is 0 Å². The molecule has 1 aromatic carbocycles. The second-order valence-corrected chi connectivity index (χ2v) is 4.57. The van der Waals surface area contributed by atoms with Crippen molar-refractivity contribution >= 4 is 5.57 Å². The third-order valence-corrected chi connectivity index (χ3v) is 3.00. The van der Waals surface area contributed by atoms with E-state index < -0.39 is 0 Å². The summed E-state index contributed by atoms with van der Waals surface area (Å²) < 4.78 is 13.5. The molecular formula is C13H16FN. The number of nitrogens with two attached hydrogens (primary N) is 1. The normalized spacial score (nSPS) is 26.2. The van der Waals surface area contributed by atoms with Crippen molar-refractivity contribution in [2.75, 3.05) is 0 Å². The molecule has 1 nitrogen and oxygen atoms in total. The Morgan fingerprint density at radius 1 is 1.33 bits per heavy atom. The van der Waals surface area contributed by atoms with E-state index in [1.54, 1.807) is 6.07 Å². The molecule has 0 radical (unpaired) electrons. The van der Waals surface area contributed by atoms with Gasteiger partial charge in [-0.3, -0.25) is 0 Å². The Bertz CT molecular complexity index is 393. The average molecular weight is 205 g/mol. The number of halogens is 1. The summed E-state index contributed by atoms with van der Waals surface area (Å²) in [6, 6.07) is 6.93. The van der Waals surface area contributed by atoms with E-state index in [1.165, 1.54) is 6.07 Å². The molecule has 0 saturated heterocycles. The summed E-state index contributed by atoms with van der Waals surface area (Å²) in [6.45, 7) is 2.04.